The summed E-state index contributed by atoms with van der Waals surface area (Å²) in [6, 6.07) is 9.68. The molecule has 0 bridgehead atoms. The number of phenols is 1. The molecule has 24 heavy (non-hydrogen) atoms. The van der Waals surface area contributed by atoms with Gasteiger partial charge in [0, 0.05) is 9.50 Å². The molecule has 0 aliphatic carbocycles. The number of hydrazine groups is 1. The normalized spacial score (nSPS) is 16.0. The number of amides is 2. The van der Waals surface area contributed by atoms with Crippen LogP contribution in [0, 0.1) is 6.92 Å². The van der Waals surface area contributed by atoms with Gasteiger partial charge in [0.1, 0.15) is 11.3 Å². The summed E-state index contributed by atoms with van der Waals surface area (Å²) in [5.41, 5.74) is 4.35. The molecule has 0 spiro atoms. The average Bonchev–Trinajstić information content (AvgIpc) is 2.81. The molecule has 0 unspecified atom stereocenters. The van der Waals surface area contributed by atoms with E-state index in [1.807, 2.05) is 6.92 Å². The van der Waals surface area contributed by atoms with Crippen LogP contribution in [0.1, 0.15) is 11.1 Å². The van der Waals surface area contributed by atoms with E-state index in [2.05, 4.69) is 21.4 Å². The number of anilines is 1. The van der Waals surface area contributed by atoms with Crippen LogP contribution in [-0.4, -0.2) is 16.9 Å². The van der Waals surface area contributed by atoms with Crippen molar-refractivity contribution in [2.24, 2.45) is 0 Å². The number of carbonyl (C=O) groups excluding carboxylic acids is 2. The molecule has 3 rings (SSSR count). The molecule has 1 aliphatic heterocycles. The fourth-order valence-electron chi connectivity index (χ4n) is 2.26. The van der Waals surface area contributed by atoms with Crippen molar-refractivity contribution >= 4 is 51.1 Å². The van der Waals surface area contributed by atoms with Crippen LogP contribution in [0.25, 0.3) is 6.08 Å². The molecular formula is C17H12BrClN2O3. The first-order chi connectivity index (χ1) is 11.4. The van der Waals surface area contributed by atoms with Crippen LogP contribution in [0.2, 0.25) is 5.02 Å². The van der Waals surface area contributed by atoms with Gasteiger partial charge < -0.3 is 5.11 Å². The van der Waals surface area contributed by atoms with Gasteiger partial charge in [-0.3, -0.25) is 15.0 Å². The summed E-state index contributed by atoms with van der Waals surface area (Å²) < 4.78 is 0.658. The Balaban J connectivity index is 1.98. The lowest BCUT2D eigenvalue weighted by molar-refractivity contribution is -0.117. The molecule has 7 heteroatoms. The van der Waals surface area contributed by atoms with E-state index in [1.165, 1.54) is 18.2 Å². The predicted octanol–water partition coefficient (Wildman–Crippen LogP) is 3.58. The molecule has 2 aromatic carbocycles. The summed E-state index contributed by atoms with van der Waals surface area (Å²) in [4.78, 5) is 24.7. The van der Waals surface area contributed by atoms with Crippen molar-refractivity contribution < 1.29 is 14.7 Å². The minimum absolute atomic E-state index is 0.0296. The number of nitrogens with one attached hydrogen (secondary N) is 1. The number of phenolic OH excluding ortho intramolecular Hbond substituents is 1. The minimum Gasteiger partial charge on any atom is -0.508 e. The number of rotatable bonds is 2. The zero-order valence-electron chi connectivity index (χ0n) is 12.5. The monoisotopic (exact) mass is 406 g/mol. The Morgan fingerprint density at radius 3 is 2.67 bits per heavy atom. The SMILES string of the molecule is Cc1ccc(N2NC(=O)C(=Cc3cc(O)ccc3Br)C2=O)cc1Cl. The Morgan fingerprint density at radius 1 is 1.21 bits per heavy atom. The highest BCUT2D eigenvalue weighted by Crippen LogP contribution is 2.28. The van der Waals surface area contributed by atoms with Gasteiger partial charge in [-0.2, -0.15) is 0 Å². The molecule has 2 aromatic rings. The van der Waals surface area contributed by atoms with Crippen molar-refractivity contribution in [3.05, 3.63) is 62.6 Å². The van der Waals surface area contributed by atoms with Crippen molar-refractivity contribution in [3.63, 3.8) is 0 Å². The Hall–Kier alpha value is -2.31. The highest BCUT2D eigenvalue weighted by atomic mass is 79.9. The van der Waals surface area contributed by atoms with Crippen LogP contribution >= 0.6 is 27.5 Å². The van der Waals surface area contributed by atoms with E-state index in [1.54, 1.807) is 24.3 Å². The molecule has 2 N–H and O–H groups in total. The molecule has 0 atom stereocenters. The fourth-order valence-corrected chi connectivity index (χ4v) is 2.79. The molecule has 122 valence electrons. The van der Waals surface area contributed by atoms with Gasteiger partial charge in [0.15, 0.2) is 0 Å². The van der Waals surface area contributed by atoms with E-state index in [-0.39, 0.29) is 11.3 Å². The van der Waals surface area contributed by atoms with Gasteiger partial charge in [-0.25, -0.2) is 5.01 Å². The number of aryl methyl sites for hydroxylation is 1. The molecular weight excluding hydrogens is 396 g/mol. The topological polar surface area (TPSA) is 69.6 Å². The number of halogens is 2. The lowest BCUT2D eigenvalue weighted by Crippen LogP contribution is -2.35. The van der Waals surface area contributed by atoms with Crippen molar-refractivity contribution in [3.8, 4) is 5.75 Å². The number of hydrogen-bond acceptors (Lipinski definition) is 3. The van der Waals surface area contributed by atoms with E-state index in [0.717, 1.165) is 10.6 Å². The van der Waals surface area contributed by atoms with E-state index in [0.29, 0.717) is 20.7 Å². The predicted molar refractivity (Wildman–Crippen MR) is 95.6 cm³/mol. The lowest BCUT2D eigenvalue weighted by Gasteiger charge is -2.15. The van der Waals surface area contributed by atoms with Crippen LogP contribution in [-0.2, 0) is 9.59 Å². The summed E-state index contributed by atoms with van der Waals surface area (Å²) >= 11 is 9.41. The van der Waals surface area contributed by atoms with Gasteiger partial charge in [-0.05, 0) is 54.5 Å². The average molecular weight is 408 g/mol. The minimum atomic E-state index is -0.521. The summed E-state index contributed by atoms with van der Waals surface area (Å²) in [6.45, 7) is 1.85. The van der Waals surface area contributed by atoms with Crippen LogP contribution in [0.5, 0.6) is 5.75 Å². The zero-order valence-corrected chi connectivity index (χ0v) is 14.9. The molecule has 1 fully saturated rings. The van der Waals surface area contributed by atoms with Crippen molar-refractivity contribution in [2.75, 3.05) is 5.01 Å². The number of benzene rings is 2. The van der Waals surface area contributed by atoms with Crippen LogP contribution in [0.15, 0.2) is 46.4 Å². The first-order valence-electron chi connectivity index (χ1n) is 6.98. The number of aromatic hydroxyl groups is 1. The number of nitrogens with zero attached hydrogens (tertiary/aromatic N) is 1. The van der Waals surface area contributed by atoms with E-state index in [9.17, 15) is 14.7 Å². The van der Waals surface area contributed by atoms with Crippen LogP contribution in [0.3, 0.4) is 0 Å². The third kappa shape index (κ3) is 3.02. The van der Waals surface area contributed by atoms with Gasteiger partial charge >= 0.3 is 0 Å². The highest BCUT2D eigenvalue weighted by molar-refractivity contribution is 9.10. The Bertz CT molecular complexity index is 895. The number of hydrogen-bond donors (Lipinski definition) is 2. The van der Waals surface area contributed by atoms with Crippen molar-refractivity contribution in [2.45, 2.75) is 6.92 Å². The summed E-state index contributed by atoms with van der Waals surface area (Å²) in [5.74, 6) is -0.972. The maximum atomic E-state index is 12.6. The molecule has 0 aromatic heterocycles. The van der Waals surface area contributed by atoms with Gasteiger partial charge in [0.05, 0.1) is 5.69 Å². The molecule has 1 heterocycles. The molecule has 2 amide bonds. The van der Waals surface area contributed by atoms with Gasteiger partial charge in [-0.15, -0.1) is 0 Å². The Labute approximate surface area is 151 Å². The molecule has 1 aliphatic rings. The van der Waals surface area contributed by atoms with E-state index in [4.69, 9.17) is 11.6 Å². The summed E-state index contributed by atoms with van der Waals surface area (Å²) in [5, 5.41) is 11.2. The van der Waals surface area contributed by atoms with Gasteiger partial charge in [-0.1, -0.05) is 33.6 Å². The molecule has 0 saturated carbocycles. The third-order valence-electron chi connectivity index (χ3n) is 3.58. The second-order valence-electron chi connectivity index (χ2n) is 5.28. The maximum Gasteiger partial charge on any atom is 0.282 e. The highest BCUT2D eigenvalue weighted by Gasteiger charge is 2.34. The zero-order chi connectivity index (χ0) is 17.4. The van der Waals surface area contributed by atoms with E-state index >= 15 is 0 Å². The standard InChI is InChI=1S/C17H12BrClN2O3/c1-9-2-3-11(8-15(9)19)21-17(24)13(16(23)20-21)7-10-6-12(22)4-5-14(10)18/h2-8,22H,1H3,(H,20,23). The van der Waals surface area contributed by atoms with E-state index < -0.39 is 11.8 Å². The maximum absolute atomic E-state index is 12.6. The summed E-state index contributed by atoms with van der Waals surface area (Å²) in [6.07, 6.45) is 1.43. The second kappa shape index (κ2) is 6.30. The van der Waals surface area contributed by atoms with Crippen LogP contribution in [0.4, 0.5) is 5.69 Å². The lowest BCUT2D eigenvalue weighted by atomic mass is 10.1. The molecule has 5 nitrogen and oxygen atoms in total. The quantitative estimate of drug-likeness (QED) is 0.590. The second-order valence-corrected chi connectivity index (χ2v) is 6.54. The van der Waals surface area contributed by atoms with Crippen LogP contribution < -0.4 is 10.4 Å². The first-order valence-corrected chi connectivity index (χ1v) is 8.16. The van der Waals surface area contributed by atoms with Gasteiger partial charge in [0.25, 0.3) is 11.8 Å². The fraction of sp³-hybridized carbons (Fsp3) is 0.0588. The third-order valence-corrected chi connectivity index (χ3v) is 4.71. The molecule has 1 saturated heterocycles. The van der Waals surface area contributed by atoms with Gasteiger partial charge in [0.2, 0.25) is 0 Å². The van der Waals surface area contributed by atoms with Crippen molar-refractivity contribution in [1.29, 1.82) is 0 Å². The summed E-state index contributed by atoms with van der Waals surface area (Å²) in [7, 11) is 0. The number of carbonyl (C=O) groups is 2. The molecule has 0 radical (unpaired) electrons. The Kier molecular flexibility index (Phi) is 4.34. The smallest absolute Gasteiger partial charge is 0.282 e. The first kappa shape index (κ1) is 16.5. The largest absolute Gasteiger partial charge is 0.508 e. The van der Waals surface area contributed by atoms with Crippen molar-refractivity contribution in [1.82, 2.24) is 5.43 Å². The Morgan fingerprint density at radius 2 is 1.96 bits per heavy atom.